The Morgan fingerprint density at radius 1 is 1.07 bits per heavy atom. The van der Waals surface area contributed by atoms with Crippen molar-refractivity contribution in [2.75, 3.05) is 26.7 Å². The van der Waals surface area contributed by atoms with Gasteiger partial charge in [0.2, 0.25) is 17.7 Å². The molecule has 7 heteroatoms. The van der Waals surface area contributed by atoms with Crippen LogP contribution in [0.4, 0.5) is 0 Å². The Morgan fingerprint density at radius 3 is 2.48 bits per heavy atom. The van der Waals surface area contributed by atoms with E-state index < -0.39 is 0 Å². The number of likely N-dealkylation sites (tertiary alicyclic amines) is 1. The maximum atomic E-state index is 12.4. The van der Waals surface area contributed by atoms with Gasteiger partial charge in [-0.05, 0) is 43.4 Å². The molecular formula is C20H27N3O4. The van der Waals surface area contributed by atoms with Gasteiger partial charge in [0.15, 0.2) is 0 Å². The standard InChI is InChI=1S/C20H27N3O4/c1-27-17-8-4-14(5-9-17)11-21-18(24)12-22-19(25)16-3-2-10-23(13-16)20(26)15-6-7-15/h4-5,8-9,15-16H,2-3,6-7,10-13H2,1H3,(H,21,24)(H,22,25). The molecule has 146 valence electrons. The van der Waals surface area contributed by atoms with Crippen molar-refractivity contribution in [1.82, 2.24) is 15.5 Å². The molecule has 1 aliphatic heterocycles. The monoisotopic (exact) mass is 373 g/mol. The lowest BCUT2D eigenvalue weighted by atomic mass is 9.96. The molecule has 1 aromatic rings. The maximum absolute atomic E-state index is 12.4. The molecule has 0 spiro atoms. The number of carbonyl (C=O) groups excluding carboxylic acids is 3. The van der Waals surface area contributed by atoms with Gasteiger partial charge in [-0.1, -0.05) is 12.1 Å². The minimum atomic E-state index is -0.235. The molecule has 2 N–H and O–H groups in total. The lowest BCUT2D eigenvalue weighted by Gasteiger charge is -2.32. The first-order chi connectivity index (χ1) is 13.1. The Labute approximate surface area is 159 Å². The zero-order valence-corrected chi connectivity index (χ0v) is 15.7. The predicted molar refractivity (Wildman–Crippen MR) is 99.9 cm³/mol. The Kier molecular flexibility index (Phi) is 6.32. The second-order valence-electron chi connectivity index (χ2n) is 7.24. The highest BCUT2D eigenvalue weighted by atomic mass is 16.5. The van der Waals surface area contributed by atoms with Crippen LogP contribution < -0.4 is 15.4 Å². The van der Waals surface area contributed by atoms with Crippen molar-refractivity contribution < 1.29 is 19.1 Å². The van der Waals surface area contributed by atoms with Crippen LogP contribution in [-0.2, 0) is 20.9 Å². The molecule has 0 radical (unpaired) electrons. The predicted octanol–water partition coefficient (Wildman–Crippen LogP) is 1.08. The molecule has 0 aromatic heterocycles. The number of nitrogens with one attached hydrogen (secondary N) is 2. The summed E-state index contributed by atoms with van der Waals surface area (Å²) in [7, 11) is 1.60. The first-order valence-electron chi connectivity index (χ1n) is 9.53. The molecule has 1 saturated heterocycles. The molecule has 1 aliphatic carbocycles. The van der Waals surface area contributed by atoms with E-state index in [4.69, 9.17) is 4.74 Å². The molecule has 1 atom stereocenters. The van der Waals surface area contributed by atoms with Crippen molar-refractivity contribution in [3.8, 4) is 5.75 Å². The first kappa shape index (κ1) is 19.2. The summed E-state index contributed by atoms with van der Waals surface area (Å²) in [5, 5.41) is 5.49. The van der Waals surface area contributed by atoms with Crippen LogP contribution >= 0.6 is 0 Å². The van der Waals surface area contributed by atoms with E-state index in [9.17, 15) is 14.4 Å². The van der Waals surface area contributed by atoms with Crippen LogP contribution in [0.2, 0.25) is 0 Å². The van der Waals surface area contributed by atoms with E-state index in [0.29, 0.717) is 13.1 Å². The number of ether oxygens (including phenoxy) is 1. The van der Waals surface area contributed by atoms with Crippen LogP contribution in [-0.4, -0.2) is 49.4 Å². The van der Waals surface area contributed by atoms with Gasteiger partial charge in [0.05, 0.1) is 19.6 Å². The highest BCUT2D eigenvalue weighted by Gasteiger charge is 2.36. The van der Waals surface area contributed by atoms with Crippen molar-refractivity contribution in [2.45, 2.75) is 32.2 Å². The van der Waals surface area contributed by atoms with E-state index in [2.05, 4.69) is 10.6 Å². The zero-order chi connectivity index (χ0) is 19.2. The zero-order valence-electron chi connectivity index (χ0n) is 15.7. The third-order valence-electron chi connectivity index (χ3n) is 5.10. The number of rotatable bonds is 7. The van der Waals surface area contributed by atoms with Crippen molar-refractivity contribution in [3.05, 3.63) is 29.8 Å². The van der Waals surface area contributed by atoms with Gasteiger partial charge in [-0.3, -0.25) is 14.4 Å². The van der Waals surface area contributed by atoms with E-state index >= 15 is 0 Å². The van der Waals surface area contributed by atoms with Crippen LogP contribution in [0.1, 0.15) is 31.2 Å². The number of piperidine rings is 1. The molecule has 1 saturated carbocycles. The molecule has 27 heavy (non-hydrogen) atoms. The fourth-order valence-corrected chi connectivity index (χ4v) is 3.30. The third-order valence-corrected chi connectivity index (χ3v) is 5.10. The average Bonchev–Trinajstić information content (AvgIpc) is 3.55. The lowest BCUT2D eigenvalue weighted by molar-refractivity contribution is -0.137. The molecule has 1 heterocycles. The van der Waals surface area contributed by atoms with Gasteiger partial charge in [-0.15, -0.1) is 0 Å². The summed E-state index contributed by atoms with van der Waals surface area (Å²) >= 11 is 0. The summed E-state index contributed by atoms with van der Waals surface area (Å²) in [6, 6.07) is 7.43. The molecule has 0 bridgehead atoms. The van der Waals surface area contributed by atoms with Gasteiger partial charge < -0.3 is 20.3 Å². The highest BCUT2D eigenvalue weighted by molar-refractivity contribution is 5.87. The number of methoxy groups -OCH3 is 1. The fourth-order valence-electron chi connectivity index (χ4n) is 3.30. The van der Waals surface area contributed by atoms with E-state index in [1.54, 1.807) is 7.11 Å². The molecular weight excluding hydrogens is 346 g/mol. The molecule has 7 nitrogen and oxygen atoms in total. The normalized spacial score (nSPS) is 19.3. The minimum absolute atomic E-state index is 0.0535. The number of hydrogen-bond acceptors (Lipinski definition) is 4. The van der Waals surface area contributed by atoms with Crippen LogP contribution in [0.15, 0.2) is 24.3 Å². The first-order valence-corrected chi connectivity index (χ1v) is 9.53. The summed E-state index contributed by atoms with van der Waals surface area (Å²) in [6.07, 6.45) is 3.54. The second-order valence-corrected chi connectivity index (χ2v) is 7.24. The van der Waals surface area contributed by atoms with E-state index in [0.717, 1.165) is 43.5 Å². The van der Waals surface area contributed by atoms with Gasteiger partial charge in [-0.25, -0.2) is 0 Å². The van der Waals surface area contributed by atoms with Crippen molar-refractivity contribution in [1.29, 1.82) is 0 Å². The third kappa shape index (κ3) is 5.45. The Hall–Kier alpha value is -2.57. The number of amides is 3. The summed E-state index contributed by atoms with van der Waals surface area (Å²) in [4.78, 5) is 38.3. The molecule has 2 aliphatic rings. The summed E-state index contributed by atoms with van der Waals surface area (Å²) in [5.41, 5.74) is 0.956. The molecule has 3 rings (SSSR count). The second kappa shape index (κ2) is 8.88. The number of carbonyl (C=O) groups is 3. The highest BCUT2D eigenvalue weighted by Crippen LogP contribution is 2.32. The van der Waals surface area contributed by atoms with E-state index in [-0.39, 0.29) is 36.1 Å². The molecule has 2 fully saturated rings. The van der Waals surface area contributed by atoms with E-state index in [1.165, 1.54) is 0 Å². The van der Waals surface area contributed by atoms with Crippen molar-refractivity contribution >= 4 is 17.7 Å². The lowest BCUT2D eigenvalue weighted by Crippen LogP contribution is -2.47. The Morgan fingerprint density at radius 2 is 1.81 bits per heavy atom. The van der Waals surface area contributed by atoms with Gasteiger partial charge in [0, 0.05) is 25.6 Å². The minimum Gasteiger partial charge on any atom is -0.497 e. The summed E-state index contributed by atoms with van der Waals surface area (Å²) < 4.78 is 5.10. The molecule has 1 unspecified atom stereocenters. The quantitative estimate of drug-likeness (QED) is 0.749. The Balaban J connectivity index is 1.38. The van der Waals surface area contributed by atoms with Crippen molar-refractivity contribution in [3.63, 3.8) is 0 Å². The van der Waals surface area contributed by atoms with Gasteiger partial charge in [0.25, 0.3) is 0 Å². The van der Waals surface area contributed by atoms with E-state index in [1.807, 2.05) is 29.2 Å². The summed E-state index contributed by atoms with van der Waals surface area (Å²) in [6.45, 7) is 1.55. The molecule has 3 amide bonds. The molecule has 1 aromatic carbocycles. The van der Waals surface area contributed by atoms with Crippen LogP contribution in [0.5, 0.6) is 5.75 Å². The number of nitrogens with zero attached hydrogens (tertiary/aromatic N) is 1. The van der Waals surface area contributed by atoms with Crippen LogP contribution in [0.3, 0.4) is 0 Å². The smallest absolute Gasteiger partial charge is 0.239 e. The van der Waals surface area contributed by atoms with Crippen LogP contribution in [0, 0.1) is 11.8 Å². The average molecular weight is 373 g/mol. The van der Waals surface area contributed by atoms with Gasteiger partial charge in [-0.2, -0.15) is 0 Å². The van der Waals surface area contributed by atoms with Crippen LogP contribution in [0.25, 0.3) is 0 Å². The topological polar surface area (TPSA) is 87.7 Å². The largest absolute Gasteiger partial charge is 0.497 e. The fraction of sp³-hybridized carbons (Fsp3) is 0.550. The SMILES string of the molecule is COc1ccc(CNC(=O)CNC(=O)C2CCCN(C(=O)C3CC3)C2)cc1. The van der Waals surface area contributed by atoms with Crippen molar-refractivity contribution in [2.24, 2.45) is 11.8 Å². The Bertz CT molecular complexity index is 685. The number of hydrogen-bond donors (Lipinski definition) is 2. The van der Waals surface area contributed by atoms with Gasteiger partial charge >= 0.3 is 0 Å². The number of benzene rings is 1. The maximum Gasteiger partial charge on any atom is 0.239 e. The summed E-state index contributed by atoms with van der Waals surface area (Å²) in [5.74, 6) is 0.513. The van der Waals surface area contributed by atoms with Gasteiger partial charge in [0.1, 0.15) is 5.75 Å².